The Morgan fingerprint density at radius 1 is 1.67 bits per heavy atom. The van der Waals surface area contributed by atoms with Gasteiger partial charge in [0.1, 0.15) is 0 Å². The fraction of sp³-hybridized carbons (Fsp3) is 0.889. The van der Waals surface area contributed by atoms with E-state index in [-0.39, 0.29) is 5.91 Å². The number of carbonyl (C=O) groups excluding carboxylic acids is 1. The average molecular weight is 187 g/mol. The Hall–Kier alpha value is -0.180. The van der Waals surface area contributed by atoms with Gasteiger partial charge in [0.15, 0.2) is 0 Å². The molecule has 0 aromatic carbocycles. The molecular formula is C9H17NOS. The third-order valence-corrected chi connectivity index (χ3v) is 3.74. The van der Waals surface area contributed by atoms with Crippen molar-refractivity contribution >= 4 is 17.7 Å². The van der Waals surface area contributed by atoms with Gasteiger partial charge >= 0.3 is 0 Å². The molecule has 12 heavy (non-hydrogen) atoms. The van der Waals surface area contributed by atoms with Crippen LogP contribution in [-0.2, 0) is 4.79 Å². The minimum absolute atomic E-state index is 0.231. The van der Waals surface area contributed by atoms with Gasteiger partial charge in [0, 0.05) is 30.5 Å². The number of rotatable bonds is 1. The lowest BCUT2D eigenvalue weighted by atomic mass is 10.1. The summed E-state index contributed by atoms with van der Waals surface area (Å²) in [5.41, 5.74) is 0. The van der Waals surface area contributed by atoms with E-state index in [0.29, 0.717) is 11.3 Å². The third kappa shape index (κ3) is 1.94. The molecule has 1 rings (SSSR count). The van der Waals surface area contributed by atoms with E-state index in [4.69, 9.17) is 0 Å². The Labute approximate surface area is 78.7 Å². The molecule has 2 nitrogen and oxygen atoms in total. The summed E-state index contributed by atoms with van der Waals surface area (Å²) in [5, 5.41) is 0.604. The van der Waals surface area contributed by atoms with E-state index in [1.165, 1.54) is 0 Å². The first-order valence-electron chi connectivity index (χ1n) is 4.55. The van der Waals surface area contributed by atoms with E-state index in [0.717, 1.165) is 18.7 Å². The molecule has 0 N–H and O–H groups in total. The van der Waals surface area contributed by atoms with Gasteiger partial charge in [-0.05, 0) is 6.42 Å². The number of amides is 1. The lowest BCUT2D eigenvalue weighted by molar-refractivity contribution is -0.131. The first kappa shape index (κ1) is 9.90. The van der Waals surface area contributed by atoms with Gasteiger partial charge in [-0.3, -0.25) is 4.79 Å². The Morgan fingerprint density at radius 3 is 2.75 bits per heavy atom. The van der Waals surface area contributed by atoms with Crippen molar-refractivity contribution in [3.05, 3.63) is 0 Å². The summed E-state index contributed by atoms with van der Waals surface area (Å²) in [5.74, 6) is 1.33. The van der Waals surface area contributed by atoms with Crippen LogP contribution in [0.25, 0.3) is 0 Å². The van der Waals surface area contributed by atoms with E-state index in [1.54, 1.807) is 6.92 Å². The summed E-state index contributed by atoms with van der Waals surface area (Å²) in [6, 6.07) is 0.459. The van der Waals surface area contributed by atoms with Gasteiger partial charge < -0.3 is 4.90 Å². The molecule has 70 valence electrons. The van der Waals surface area contributed by atoms with Crippen LogP contribution in [0.3, 0.4) is 0 Å². The van der Waals surface area contributed by atoms with Crippen molar-refractivity contribution in [3.63, 3.8) is 0 Å². The van der Waals surface area contributed by atoms with Crippen molar-refractivity contribution in [1.29, 1.82) is 0 Å². The van der Waals surface area contributed by atoms with Crippen molar-refractivity contribution in [3.8, 4) is 0 Å². The summed E-state index contributed by atoms with van der Waals surface area (Å²) in [7, 11) is 0. The number of carbonyl (C=O) groups is 1. The molecule has 0 aliphatic carbocycles. The number of hydrogen-bond donors (Lipinski definition) is 0. The topological polar surface area (TPSA) is 20.3 Å². The molecule has 0 radical (unpaired) electrons. The van der Waals surface area contributed by atoms with E-state index >= 15 is 0 Å². The van der Waals surface area contributed by atoms with Crippen molar-refractivity contribution in [2.24, 2.45) is 0 Å². The van der Waals surface area contributed by atoms with Gasteiger partial charge in [-0.2, -0.15) is 11.8 Å². The van der Waals surface area contributed by atoms with Crippen LogP contribution in [0.1, 0.15) is 27.2 Å². The predicted octanol–water partition coefficient (Wildman–Crippen LogP) is 1.75. The monoisotopic (exact) mass is 187 g/mol. The molecule has 1 heterocycles. The highest BCUT2D eigenvalue weighted by molar-refractivity contribution is 8.00. The molecule has 1 aliphatic rings. The van der Waals surface area contributed by atoms with Crippen molar-refractivity contribution < 1.29 is 4.79 Å². The summed E-state index contributed by atoms with van der Waals surface area (Å²) >= 11 is 1.98. The quantitative estimate of drug-likeness (QED) is 0.623. The van der Waals surface area contributed by atoms with Crippen LogP contribution in [0.15, 0.2) is 0 Å². The number of nitrogens with zero attached hydrogens (tertiary/aromatic N) is 1. The molecule has 1 amide bonds. The van der Waals surface area contributed by atoms with Gasteiger partial charge in [-0.1, -0.05) is 13.8 Å². The van der Waals surface area contributed by atoms with Crippen LogP contribution in [0.2, 0.25) is 0 Å². The first-order chi connectivity index (χ1) is 5.66. The maximum absolute atomic E-state index is 11.2. The zero-order valence-corrected chi connectivity index (χ0v) is 8.86. The van der Waals surface area contributed by atoms with Gasteiger partial charge in [-0.25, -0.2) is 0 Å². The van der Waals surface area contributed by atoms with Crippen LogP contribution in [0.5, 0.6) is 0 Å². The molecule has 2 unspecified atom stereocenters. The Balaban J connectivity index is 2.64. The summed E-state index contributed by atoms with van der Waals surface area (Å²) in [6.45, 7) is 6.98. The minimum atomic E-state index is 0.231. The minimum Gasteiger partial charge on any atom is -0.338 e. The van der Waals surface area contributed by atoms with Gasteiger partial charge in [0.2, 0.25) is 5.91 Å². The second kappa shape index (κ2) is 4.17. The Kier molecular flexibility index (Phi) is 3.44. The summed E-state index contributed by atoms with van der Waals surface area (Å²) < 4.78 is 0. The molecule has 2 atom stereocenters. The molecule has 3 heteroatoms. The molecule has 0 bridgehead atoms. The Morgan fingerprint density at radius 2 is 2.33 bits per heavy atom. The molecule has 1 saturated heterocycles. The van der Waals surface area contributed by atoms with E-state index in [9.17, 15) is 4.79 Å². The lowest BCUT2D eigenvalue weighted by Gasteiger charge is -2.38. The van der Waals surface area contributed by atoms with Crippen molar-refractivity contribution in [2.45, 2.75) is 38.5 Å². The zero-order chi connectivity index (χ0) is 9.14. The normalized spacial score (nSPS) is 30.4. The van der Waals surface area contributed by atoms with Crippen molar-refractivity contribution in [2.75, 3.05) is 12.3 Å². The molecular weight excluding hydrogens is 170 g/mol. The second-order valence-electron chi connectivity index (χ2n) is 3.26. The van der Waals surface area contributed by atoms with Crippen LogP contribution in [0.4, 0.5) is 0 Å². The highest BCUT2D eigenvalue weighted by Gasteiger charge is 2.28. The second-order valence-corrected chi connectivity index (χ2v) is 4.75. The number of hydrogen-bond acceptors (Lipinski definition) is 2. The molecule has 0 spiro atoms. The van der Waals surface area contributed by atoms with Crippen LogP contribution in [-0.4, -0.2) is 34.4 Å². The molecule has 1 fully saturated rings. The van der Waals surface area contributed by atoms with E-state index in [2.05, 4.69) is 13.8 Å². The highest BCUT2D eigenvalue weighted by atomic mass is 32.2. The average Bonchev–Trinajstić information content (AvgIpc) is 2.03. The maximum atomic E-state index is 11.2. The first-order valence-corrected chi connectivity index (χ1v) is 5.60. The maximum Gasteiger partial charge on any atom is 0.219 e. The molecule has 0 aromatic heterocycles. The molecule has 0 saturated carbocycles. The SMILES string of the molecule is CCC1C(C)SCCN1C(C)=O. The van der Waals surface area contributed by atoms with Crippen LogP contribution < -0.4 is 0 Å². The Bertz CT molecular complexity index is 172. The third-order valence-electron chi connectivity index (χ3n) is 2.48. The highest BCUT2D eigenvalue weighted by Crippen LogP contribution is 2.26. The van der Waals surface area contributed by atoms with Gasteiger partial charge in [0.25, 0.3) is 0 Å². The van der Waals surface area contributed by atoms with Gasteiger partial charge in [-0.15, -0.1) is 0 Å². The zero-order valence-electron chi connectivity index (χ0n) is 8.04. The standard InChI is InChI=1S/C9H17NOS/c1-4-9-7(2)12-6-5-10(9)8(3)11/h7,9H,4-6H2,1-3H3. The largest absolute Gasteiger partial charge is 0.338 e. The fourth-order valence-corrected chi connectivity index (χ4v) is 3.05. The van der Waals surface area contributed by atoms with E-state index in [1.807, 2.05) is 16.7 Å². The van der Waals surface area contributed by atoms with Crippen molar-refractivity contribution in [1.82, 2.24) is 4.90 Å². The molecule has 0 aromatic rings. The lowest BCUT2D eigenvalue weighted by Crippen LogP contribution is -2.48. The number of thioether (sulfide) groups is 1. The van der Waals surface area contributed by atoms with Gasteiger partial charge in [0.05, 0.1) is 0 Å². The van der Waals surface area contributed by atoms with Crippen LogP contribution >= 0.6 is 11.8 Å². The smallest absolute Gasteiger partial charge is 0.219 e. The molecule has 1 aliphatic heterocycles. The summed E-state index contributed by atoms with van der Waals surface area (Å²) in [4.78, 5) is 13.2. The summed E-state index contributed by atoms with van der Waals surface area (Å²) in [6.07, 6.45) is 1.08. The predicted molar refractivity (Wildman–Crippen MR) is 53.4 cm³/mol. The van der Waals surface area contributed by atoms with Crippen LogP contribution in [0, 0.1) is 0 Å². The fourth-order valence-electron chi connectivity index (χ4n) is 1.81. The van der Waals surface area contributed by atoms with E-state index < -0.39 is 0 Å².